The van der Waals surface area contributed by atoms with Gasteiger partial charge >= 0.3 is 6.18 Å². The van der Waals surface area contributed by atoms with Gasteiger partial charge in [0.25, 0.3) is 5.91 Å². The summed E-state index contributed by atoms with van der Waals surface area (Å²) in [5.41, 5.74) is 1.49. The maximum absolute atomic E-state index is 12.7. The van der Waals surface area contributed by atoms with Gasteiger partial charge in [-0.15, -0.1) is 0 Å². The van der Waals surface area contributed by atoms with Crippen molar-refractivity contribution in [3.05, 3.63) is 71.8 Å². The lowest BCUT2D eigenvalue weighted by atomic mass is 10.0. The average molecular weight is 388 g/mol. The predicted octanol–water partition coefficient (Wildman–Crippen LogP) is 4.38. The van der Waals surface area contributed by atoms with Crippen LogP contribution in [0.2, 0.25) is 0 Å². The molecule has 0 saturated carbocycles. The number of pyridine rings is 1. The number of alkyl halides is 3. The molecule has 2 aromatic heterocycles. The molecule has 0 aliphatic rings. The summed E-state index contributed by atoms with van der Waals surface area (Å²) in [6.07, 6.45) is 0.920. The second-order valence-electron chi connectivity index (χ2n) is 6.39. The van der Waals surface area contributed by atoms with Gasteiger partial charge in [-0.05, 0) is 30.2 Å². The largest absolute Gasteiger partial charge is 0.433 e. The molecule has 1 aromatic carbocycles. The Kier molecular flexibility index (Phi) is 5.48. The van der Waals surface area contributed by atoms with Gasteiger partial charge < -0.3 is 5.32 Å². The molecule has 1 N–H and O–H groups in total. The molecule has 0 aliphatic heterocycles. The van der Waals surface area contributed by atoms with Crippen LogP contribution >= 0.6 is 0 Å². The number of carbonyl (C=O) groups excluding carboxylic acids is 1. The number of nitrogens with one attached hydrogen (secondary N) is 1. The van der Waals surface area contributed by atoms with Crippen molar-refractivity contribution in [2.45, 2.75) is 25.6 Å². The summed E-state index contributed by atoms with van der Waals surface area (Å²) in [5, 5.41) is 7.09. The molecule has 0 saturated heterocycles. The lowest BCUT2D eigenvalue weighted by Crippen LogP contribution is -2.28. The fourth-order valence-corrected chi connectivity index (χ4v) is 2.86. The molecule has 1 atom stereocenters. The molecule has 3 aromatic rings. The molecule has 1 amide bonds. The highest BCUT2D eigenvalue weighted by Gasteiger charge is 2.32. The molecule has 0 unspecified atom stereocenters. The third kappa shape index (κ3) is 4.39. The SMILES string of the molecule is CC[C@@H](NC(=O)c1cccc(-c2ccc(C(F)(F)F)nc2)c1)c1cnn(C)c1. The van der Waals surface area contributed by atoms with Gasteiger partial charge in [0.15, 0.2) is 0 Å². The van der Waals surface area contributed by atoms with E-state index in [-0.39, 0.29) is 11.9 Å². The average Bonchev–Trinajstić information content (AvgIpc) is 3.11. The van der Waals surface area contributed by atoms with E-state index in [1.807, 2.05) is 13.1 Å². The normalized spacial score (nSPS) is 12.6. The van der Waals surface area contributed by atoms with Crippen LogP contribution in [0, 0.1) is 0 Å². The first kappa shape index (κ1) is 19.6. The van der Waals surface area contributed by atoms with Gasteiger partial charge in [0.1, 0.15) is 5.69 Å². The number of amides is 1. The van der Waals surface area contributed by atoms with E-state index in [0.717, 1.165) is 17.8 Å². The van der Waals surface area contributed by atoms with Crippen LogP contribution in [0.4, 0.5) is 13.2 Å². The van der Waals surface area contributed by atoms with E-state index >= 15 is 0 Å². The van der Waals surface area contributed by atoms with E-state index in [1.165, 1.54) is 6.07 Å². The van der Waals surface area contributed by atoms with E-state index in [9.17, 15) is 18.0 Å². The molecular weight excluding hydrogens is 369 g/mol. The van der Waals surface area contributed by atoms with Gasteiger partial charge in [0, 0.05) is 36.1 Å². The summed E-state index contributed by atoms with van der Waals surface area (Å²) >= 11 is 0. The highest BCUT2D eigenvalue weighted by Crippen LogP contribution is 2.29. The van der Waals surface area contributed by atoms with E-state index in [1.54, 1.807) is 42.2 Å². The highest BCUT2D eigenvalue weighted by atomic mass is 19.4. The zero-order valence-corrected chi connectivity index (χ0v) is 15.4. The molecule has 3 rings (SSSR count). The minimum atomic E-state index is -4.48. The number of nitrogens with zero attached hydrogens (tertiary/aromatic N) is 3. The Hall–Kier alpha value is -3.16. The van der Waals surface area contributed by atoms with Crippen molar-refractivity contribution in [2.75, 3.05) is 0 Å². The first-order valence-corrected chi connectivity index (χ1v) is 8.71. The third-order valence-electron chi connectivity index (χ3n) is 4.35. The number of rotatable bonds is 5. The lowest BCUT2D eigenvalue weighted by molar-refractivity contribution is -0.141. The minimum absolute atomic E-state index is 0.183. The van der Waals surface area contributed by atoms with E-state index in [4.69, 9.17) is 0 Å². The van der Waals surface area contributed by atoms with Gasteiger partial charge in [0.05, 0.1) is 12.2 Å². The van der Waals surface area contributed by atoms with Gasteiger partial charge in [-0.25, -0.2) is 0 Å². The van der Waals surface area contributed by atoms with E-state index in [2.05, 4.69) is 15.4 Å². The van der Waals surface area contributed by atoms with Gasteiger partial charge in [-0.2, -0.15) is 18.3 Å². The predicted molar refractivity (Wildman–Crippen MR) is 98.4 cm³/mol. The van der Waals surface area contributed by atoms with Crippen molar-refractivity contribution in [1.82, 2.24) is 20.1 Å². The molecule has 146 valence electrons. The molecule has 0 bridgehead atoms. The molecule has 0 radical (unpaired) electrons. The smallest absolute Gasteiger partial charge is 0.345 e. The monoisotopic (exact) mass is 388 g/mol. The lowest BCUT2D eigenvalue weighted by Gasteiger charge is -2.16. The Morgan fingerprint density at radius 3 is 2.54 bits per heavy atom. The van der Waals surface area contributed by atoms with Crippen molar-refractivity contribution < 1.29 is 18.0 Å². The van der Waals surface area contributed by atoms with Crippen LogP contribution in [0.5, 0.6) is 0 Å². The maximum Gasteiger partial charge on any atom is 0.433 e. The number of benzene rings is 1. The molecule has 2 heterocycles. The Morgan fingerprint density at radius 2 is 1.96 bits per heavy atom. The number of halogens is 3. The quantitative estimate of drug-likeness (QED) is 0.706. The molecular formula is C20H19F3N4O. The first-order chi connectivity index (χ1) is 13.3. The van der Waals surface area contributed by atoms with Crippen molar-refractivity contribution in [3.63, 3.8) is 0 Å². The van der Waals surface area contributed by atoms with E-state index < -0.39 is 11.9 Å². The topological polar surface area (TPSA) is 59.8 Å². The number of aryl methyl sites for hydroxylation is 1. The summed E-state index contributed by atoms with van der Waals surface area (Å²) in [6.45, 7) is 1.96. The second-order valence-corrected chi connectivity index (χ2v) is 6.39. The van der Waals surface area contributed by atoms with Crippen molar-refractivity contribution in [1.29, 1.82) is 0 Å². The summed E-state index contributed by atoms with van der Waals surface area (Å²) in [6, 6.07) is 8.79. The van der Waals surface area contributed by atoms with Crippen LogP contribution in [0.1, 0.15) is 41.0 Å². The second kappa shape index (κ2) is 7.84. The van der Waals surface area contributed by atoms with Crippen molar-refractivity contribution in [2.24, 2.45) is 7.05 Å². The Balaban J connectivity index is 1.79. The van der Waals surface area contributed by atoms with Gasteiger partial charge in [-0.3, -0.25) is 14.5 Å². The van der Waals surface area contributed by atoms with E-state index in [0.29, 0.717) is 23.1 Å². The fraction of sp³-hybridized carbons (Fsp3) is 0.250. The summed E-state index contributed by atoms with van der Waals surface area (Å²) < 4.78 is 39.7. The number of carbonyl (C=O) groups is 1. The number of aromatic nitrogens is 3. The highest BCUT2D eigenvalue weighted by molar-refractivity contribution is 5.95. The molecule has 8 heteroatoms. The van der Waals surface area contributed by atoms with Crippen molar-refractivity contribution >= 4 is 5.91 Å². The van der Waals surface area contributed by atoms with Crippen LogP contribution in [-0.2, 0) is 13.2 Å². The zero-order chi connectivity index (χ0) is 20.3. The number of hydrogen-bond donors (Lipinski definition) is 1. The summed E-state index contributed by atoms with van der Waals surface area (Å²) in [5.74, 6) is -0.266. The Morgan fingerprint density at radius 1 is 1.18 bits per heavy atom. The third-order valence-corrected chi connectivity index (χ3v) is 4.35. The zero-order valence-electron chi connectivity index (χ0n) is 15.4. The molecule has 28 heavy (non-hydrogen) atoms. The molecule has 5 nitrogen and oxygen atoms in total. The van der Waals surface area contributed by atoms with Crippen molar-refractivity contribution in [3.8, 4) is 11.1 Å². The maximum atomic E-state index is 12.7. The Bertz CT molecular complexity index is 964. The fourth-order valence-electron chi connectivity index (χ4n) is 2.86. The Labute approximate surface area is 160 Å². The standard InChI is InChI=1S/C20H19F3N4O/c1-3-17(16-11-25-27(2)12-16)26-19(28)14-6-4-5-13(9-14)15-7-8-18(24-10-15)20(21,22)23/h4-12,17H,3H2,1-2H3,(H,26,28)/t17-/m1/s1. The molecule has 0 spiro atoms. The summed E-state index contributed by atoms with van der Waals surface area (Å²) in [7, 11) is 1.81. The minimum Gasteiger partial charge on any atom is -0.345 e. The number of hydrogen-bond acceptors (Lipinski definition) is 3. The summed E-state index contributed by atoms with van der Waals surface area (Å²) in [4.78, 5) is 16.1. The molecule has 0 aliphatic carbocycles. The van der Waals surface area contributed by atoms with Gasteiger partial charge in [-0.1, -0.05) is 25.1 Å². The molecule has 0 fully saturated rings. The first-order valence-electron chi connectivity index (χ1n) is 8.71. The van der Waals surface area contributed by atoms with Crippen LogP contribution in [-0.4, -0.2) is 20.7 Å². The van der Waals surface area contributed by atoms with Crippen LogP contribution in [0.3, 0.4) is 0 Å². The van der Waals surface area contributed by atoms with Crippen LogP contribution < -0.4 is 5.32 Å². The van der Waals surface area contributed by atoms with Crippen LogP contribution in [0.15, 0.2) is 55.0 Å². The van der Waals surface area contributed by atoms with Gasteiger partial charge in [0.2, 0.25) is 0 Å². The van der Waals surface area contributed by atoms with Crippen LogP contribution in [0.25, 0.3) is 11.1 Å².